The van der Waals surface area contributed by atoms with Crippen molar-refractivity contribution in [2.75, 3.05) is 19.6 Å². The predicted molar refractivity (Wildman–Crippen MR) is 410 cm³/mol. The van der Waals surface area contributed by atoms with Crippen LogP contribution in [0.4, 0.5) is 0 Å². The summed E-state index contributed by atoms with van der Waals surface area (Å²) in [6, 6.07) is 0. The molecule has 0 spiro atoms. The summed E-state index contributed by atoms with van der Waals surface area (Å²) in [6.45, 7) is 41.1. The van der Waals surface area contributed by atoms with E-state index in [2.05, 4.69) is 120 Å². The molecule has 0 bridgehead atoms. The first-order chi connectivity index (χ1) is 44.8. The van der Waals surface area contributed by atoms with Crippen LogP contribution >= 0.6 is 0 Å². The Kier molecular flexibility index (Phi) is 33.5. The van der Waals surface area contributed by atoms with E-state index in [-0.39, 0.29) is 30.1 Å². The minimum absolute atomic E-state index is 0. The molecule has 9 aliphatic carbocycles. The van der Waals surface area contributed by atoms with E-state index >= 15 is 0 Å². The van der Waals surface area contributed by atoms with Gasteiger partial charge < -0.3 is 16.0 Å². The van der Waals surface area contributed by atoms with Crippen molar-refractivity contribution in [3.05, 3.63) is 0 Å². The molecule has 0 radical (unpaired) electrons. The quantitative estimate of drug-likeness (QED) is 0.0626. The number of carbonyl (C=O) groups excluding carboxylic acids is 3. The van der Waals surface area contributed by atoms with Gasteiger partial charge in [0.2, 0.25) is 17.7 Å². The molecule has 0 aromatic heterocycles. The highest BCUT2D eigenvalue weighted by Crippen LogP contribution is 2.67. The first-order valence-electron chi connectivity index (χ1n) is 42.6. The number of fused-ring (bicyclic) bond motifs is 9. The zero-order chi connectivity index (χ0) is 68.3. The lowest BCUT2D eigenvalue weighted by Crippen LogP contribution is -2.56. The third-order valence-corrected chi connectivity index (χ3v) is 31.1. The van der Waals surface area contributed by atoms with Gasteiger partial charge in [-0.25, -0.2) is 0 Å². The molecule has 9 aliphatic rings. The van der Waals surface area contributed by atoms with Crippen LogP contribution in [0.1, 0.15) is 401 Å². The summed E-state index contributed by atoms with van der Waals surface area (Å²) in [5, 5.41) is 10.1. The highest BCUT2D eigenvalue weighted by Gasteiger charge is 2.60. The average molecular weight is 1330 g/mol. The van der Waals surface area contributed by atoms with Crippen molar-refractivity contribution in [3.8, 4) is 0 Å². The second-order valence-electron chi connectivity index (χ2n) is 38.3. The Morgan fingerprint density at radius 2 is 0.716 bits per heavy atom. The summed E-state index contributed by atoms with van der Waals surface area (Å²) in [4.78, 5) is 37.2. The smallest absolute Gasteiger partial charge is 0.223 e. The van der Waals surface area contributed by atoms with E-state index in [4.69, 9.17) is 0 Å². The fourth-order valence-electron chi connectivity index (χ4n) is 25.3. The molecule has 95 heavy (non-hydrogen) atoms. The second-order valence-corrected chi connectivity index (χ2v) is 38.3. The molecule has 0 aromatic carbocycles. The van der Waals surface area contributed by atoms with E-state index in [1.807, 2.05) is 0 Å². The Labute approximate surface area is 592 Å². The van der Waals surface area contributed by atoms with Crippen LogP contribution in [0.25, 0.3) is 0 Å². The van der Waals surface area contributed by atoms with Crippen molar-refractivity contribution in [2.24, 2.45) is 127 Å². The molecule has 19 atom stereocenters. The van der Waals surface area contributed by atoms with Crippen LogP contribution in [0.3, 0.4) is 0 Å². The SMILES string of the molecule is C.CC(=O)NCC1(C)CCC[C@]2(C)C3CCC(C(C)C)CC3CCC12.CCCCC(CC)C(=O)NCC1(C)CCC[C@]2(C)C3CCC(C(C)C)CC3CCC12.CCCCCCCCCCCCCCCCCC(=O)NCC1(C)CCC[C@]2(C)C3CCC(C(C)C)CC3CCC12. The summed E-state index contributed by atoms with van der Waals surface area (Å²) in [5.74, 6) is 14.5. The molecule has 9 rings (SSSR count). The minimum atomic E-state index is 0. The normalized spacial score (nSPS) is 37.5. The number of amides is 3. The number of hydrogen-bond acceptors (Lipinski definition) is 3. The second kappa shape index (κ2) is 38.6. The maximum atomic E-state index is 12.9. The molecular formula is C89H165N3O3. The van der Waals surface area contributed by atoms with Crippen LogP contribution in [-0.4, -0.2) is 37.4 Å². The molecular weight excluding hydrogens is 1160 g/mol. The lowest BCUT2D eigenvalue weighted by molar-refractivity contribution is -0.133. The van der Waals surface area contributed by atoms with Crippen molar-refractivity contribution in [2.45, 2.75) is 401 Å². The monoisotopic (exact) mass is 1320 g/mol. The van der Waals surface area contributed by atoms with Crippen LogP contribution in [0.2, 0.25) is 0 Å². The number of hydrogen-bond donors (Lipinski definition) is 3. The number of rotatable bonds is 30. The van der Waals surface area contributed by atoms with Gasteiger partial charge in [0.1, 0.15) is 0 Å². The van der Waals surface area contributed by atoms with Crippen LogP contribution in [0.15, 0.2) is 0 Å². The summed E-state index contributed by atoms with van der Waals surface area (Å²) in [6.07, 6.45) is 59.6. The highest BCUT2D eigenvalue weighted by atomic mass is 16.2. The molecule has 16 unspecified atom stereocenters. The lowest BCUT2D eigenvalue weighted by atomic mass is 9.43. The third kappa shape index (κ3) is 21.5. The van der Waals surface area contributed by atoms with Gasteiger partial charge in [0.05, 0.1) is 0 Å². The molecule has 0 aliphatic heterocycles. The van der Waals surface area contributed by atoms with Crippen LogP contribution in [0, 0.1) is 127 Å². The number of carbonyl (C=O) groups is 3. The van der Waals surface area contributed by atoms with Gasteiger partial charge in [-0.05, 0) is 275 Å². The maximum Gasteiger partial charge on any atom is 0.223 e. The van der Waals surface area contributed by atoms with Gasteiger partial charge in [-0.1, -0.05) is 233 Å². The van der Waals surface area contributed by atoms with Gasteiger partial charge in [0.15, 0.2) is 0 Å². The predicted octanol–water partition coefficient (Wildman–Crippen LogP) is 25.3. The zero-order valence-corrected chi connectivity index (χ0v) is 65.7. The van der Waals surface area contributed by atoms with Gasteiger partial charge in [-0.2, -0.15) is 0 Å². The lowest BCUT2D eigenvalue weighted by Gasteiger charge is -2.62. The van der Waals surface area contributed by atoms with E-state index in [9.17, 15) is 14.4 Å². The molecule has 3 amide bonds. The Hall–Kier alpha value is -1.59. The van der Waals surface area contributed by atoms with Gasteiger partial charge in [-0.3, -0.25) is 14.4 Å². The minimum Gasteiger partial charge on any atom is -0.356 e. The largest absolute Gasteiger partial charge is 0.356 e. The van der Waals surface area contributed by atoms with E-state index in [0.29, 0.717) is 33.5 Å². The van der Waals surface area contributed by atoms with E-state index in [1.54, 1.807) is 6.92 Å². The molecule has 0 aromatic rings. The Balaban J connectivity index is 0.000000232. The first kappa shape index (κ1) is 82.4. The van der Waals surface area contributed by atoms with E-state index in [1.165, 1.54) is 257 Å². The Morgan fingerprint density at radius 3 is 1.04 bits per heavy atom. The molecule has 3 N–H and O–H groups in total. The molecule has 9 fully saturated rings. The fourth-order valence-corrected chi connectivity index (χ4v) is 25.3. The van der Waals surface area contributed by atoms with Gasteiger partial charge in [-0.15, -0.1) is 0 Å². The number of unbranched alkanes of at least 4 members (excludes halogenated alkanes) is 15. The van der Waals surface area contributed by atoms with Gasteiger partial charge in [0.25, 0.3) is 0 Å². The zero-order valence-electron chi connectivity index (χ0n) is 65.7. The Morgan fingerprint density at radius 1 is 0.389 bits per heavy atom. The standard InChI is InChI=1S/C38H71NO.C28H51NO.C22H39NO.CH4/c1-6-7-8-9-10-11-12-13-14-15-16-17-18-19-20-22-36(40)39-30-37(4)27-21-28-38(5)34-25-23-32(31(2)3)29-33(34)24-26-35(37)38;1-7-9-11-21(8-2)26(30)29-19-27(5)16-10-17-28(6)24-14-12-22(20(3)4)18-23(24)13-15-25(27)28;1-15(2)17-7-9-19-18(13-17)8-10-20-21(4,14-23-16(3)24)11-6-12-22(19,20)5;/h31-35H,6-30H2,1-5H3,(H,39,40);20-25H,7-19H2,1-6H3,(H,29,30);15,17-20H,6-14H2,1-5H3,(H,23,24);1H4/t32?,33?,34?,35?,37?,38-;21?,22?,23?,24?,25?,27?,28-;17?,18?,19?,20?,21?,22-;/m111./s1. The van der Waals surface area contributed by atoms with Crippen molar-refractivity contribution in [3.63, 3.8) is 0 Å². The molecule has 6 heteroatoms. The summed E-state index contributed by atoms with van der Waals surface area (Å²) >= 11 is 0. The van der Waals surface area contributed by atoms with Crippen molar-refractivity contribution in [1.29, 1.82) is 0 Å². The summed E-state index contributed by atoms with van der Waals surface area (Å²) in [5.41, 5.74) is 2.38. The third-order valence-electron chi connectivity index (χ3n) is 31.1. The topological polar surface area (TPSA) is 87.3 Å². The maximum absolute atomic E-state index is 12.9. The summed E-state index contributed by atoms with van der Waals surface area (Å²) in [7, 11) is 0. The van der Waals surface area contributed by atoms with Crippen LogP contribution < -0.4 is 16.0 Å². The average Bonchev–Trinajstić information content (AvgIpc) is 0.747. The van der Waals surface area contributed by atoms with Crippen molar-refractivity contribution < 1.29 is 14.4 Å². The van der Waals surface area contributed by atoms with Crippen molar-refractivity contribution >= 4 is 17.7 Å². The van der Waals surface area contributed by atoms with Crippen molar-refractivity contribution in [1.82, 2.24) is 16.0 Å². The molecule has 9 saturated carbocycles. The van der Waals surface area contributed by atoms with Gasteiger partial charge >= 0.3 is 0 Å². The highest BCUT2D eigenvalue weighted by molar-refractivity contribution is 5.78. The van der Waals surface area contributed by atoms with E-state index < -0.39 is 0 Å². The van der Waals surface area contributed by atoms with E-state index in [0.717, 1.165) is 134 Å². The molecule has 0 saturated heterocycles. The van der Waals surface area contributed by atoms with Gasteiger partial charge in [0, 0.05) is 38.9 Å². The molecule has 554 valence electrons. The Bertz CT molecular complexity index is 2220. The van der Waals surface area contributed by atoms with Crippen LogP contribution in [-0.2, 0) is 14.4 Å². The summed E-state index contributed by atoms with van der Waals surface area (Å²) < 4.78 is 0. The first-order valence-corrected chi connectivity index (χ1v) is 42.6. The van der Waals surface area contributed by atoms with Crippen LogP contribution in [0.5, 0.6) is 0 Å². The molecule has 0 heterocycles. The number of nitrogens with one attached hydrogen (secondary N) is 3. The molecule has 6 nitrogen and oxygen atoms in total. The fraction of sp³-hybridized carbons (Fsp3) is 0.966.